The first-order valence-corrected chi connectivity index (χ1v) is 6.80. The van der Waals surface area contributed by atoms with Crippen LogP contribution in [0.4, 0.5) is 5.69 Å². The molecule has 1 atom stereocenters. The fourth-order valence-electron chi connectivity index (χ4n) is 2.60. The van der Waals surface area contributed by atoms with Crippen molar-refractivity contribution in [3.63, 3.8) is 0 Å². The lowest BCUT2D eigenvalue weighted by Gasteiger charge is -2.24. The van der Waals surface area contributed by atoms with Crippen molar-refractivity contribution < 1.29 is 0 Å². The van der Waals surface area contributed by atoms with Crippen LogP contribution in [0.15, 0.2) is 52.5 Å². The highest BCUT2D eigenvalue weighted by Crippen LogP contribution is 2.33. The molecule has 0 amide bonds. The maximum absolute atomic E-state index is 5.46. The Kier molecular flexibility index (Phi) is 2.80. The Bertz CT molecular complexity index is 886. The molecule has 22 heavy (non-hydrogen) atoms. The Hall–Kier alpha value is -3.26. The Labute approximate surface area is 127 Å². The van der Waals surface area contributed by atoms with E-state index in [2.05, 4.69) is 31.2 Å². The van der Waals surface area contributed by atoms with Gasteiger partial charge in [0.2, 0.25) is 0 Å². The zero-order chi connectivity index (χ0) is 14.9. The number of nitrogens with zero attached hydrogens (tertiary/aromatic N) is 4. The third-order valence-electron chi connectivity index (χ3n) is 3.61. The molecule has 1 unspecified atom stereocenters. The topological polar surface area (TPSA) is 62.5 Å². The molecular formula is C17H11N5. The highest BCUT2D eigenvalue weighted by atomic mass is 15.1. The van der Waals surface area contributed by atoms with E-state index in [0.717, 1.165) is 33.9 Å². The molecule has 0 radical (unpaired) electrons. The summed E-state index contributed by atoms with van der Waals surface area (Å²) in [4.78, 5) is 17.1. The number of fused-ring (bicyclic) bond motifs is 2. The molecule has 0 fully saturated rings. The molecule has 0 spiro atoms. The van der Waals surface area contributed by atoms with E-state index >= 15 is 0 Å². The lowest BCUT2D eigenvalue weighted by atomic mass is 9.94. The SMILES string of the molecule is C#Cc1cccc(NC2C3=NC=NC3=Cc3cncnc32)c1. The maximum atomic E-state index is 5.46. The monoisotopic (exact) mass is 285 g/mol. The van der Waals surface area contributed by atoms with E-state index in [1.54, 1.807) is 18.9 Å². The minimum atomic E-state index is -0.173. The van der Waals surface area contributed by atoms with Gasteiger partial charge in [-0.05, 0) is 24.3 Å². The Balaban J connectivity index is 1.77. The minimum absolute atomic E-state index is 0.173. The fraction of sp³-hybridized carbons (Fsp3) is 0.0588. The van der Waals surface area contributed by atoms with Gasteiger partial charge in [-0.2, -0.15) is 0 Å². The lowest BCUT2D eigenvalue weighted by molar-refractivity contribution is 0.927. The summed E-state index contributed by atoms with van der Waals surface area (Å²) in [5, 5.41) is 3.45. The van der Waals surface area contributed by atoms with Crippen molar-refractivity contribution >= 4 is 23.8 Å². The largest absolute Gasteiger partial charge is 0.371 e. The summed E-state index contributed by atoms with van der Waals surface area (Å²) in [6, 6.07) is 7.54. The van der Waals surface area contributed by atoms with Gasteiger partial charge in [-0.1, -0.05) is 12.0 Å². The van der Waals surface area contributed by atoms with Crippen LogP contribution in [0.3, 0.4) is 0 Å². The van der Waals surface area contributed by atoms with Gasteiger partial charge in [0.05, 0.1) is 17.1 Å². The molecule has 0 bridgehead atoms. The summed E-state index contributed by atoms with van der Waals surface area (Å²) < 4.78 is 0. The molecular weight excluding hydrogens is 274 g/mol. The number of aliphatic imine (C=N–C) groups is 2. The van der Waals surface area contributed by atoms with E-state index in [-0.39, 0.29) is 6.04 Å². The van der Waals surface area contributed by atoms with Crippen molar-refractivity contribution in [2.45, 2.75) is 6.04 Å². The van der Waals surface area contributed by atoms with Crippen molar-refractivity contribution in [1.82, 2.24) is 9.97 Å². The molecule has 1 aromatic heterocycles. The average Bonchev–Trinajstić information content (AvgIpc) is 3.03. The molecule has 2 aromatic rings. The molecule has 1 aliphatic carbocycles. The molecule has 5 heteroatoms. The maximum Gasteiger partial charge on any atom is 0.116 e. The molecule has 1 aliphatic heterocycles. The highest BCUT2D eigenvalue weighted by molar-refractivity contribution is 6.16. The van der Waals surface area contributed by atoms with Crippen LogP contribution in [0.5, 0.6) is 0 Å². The Morgan fingerprint density at radius 3 is 3.14 bits per heavy atom. The highest BCUT2D eigenvalue weighted by Gasteiger charge is 2.30. The van der Waals surface area contributed by atoms with Crippen LogP contribution in [0.1, 0.15) is 22.9 Å². The molecule has 1 N–H and O–H groups in total. The van der Waals surface area contributed by atoms with Gasteiger partial charge >= 0.3 is 0 Å². The summed E-state index contributed by atoms with van der Waals surface area (Å²) in [6.07, 6.45) is 12.3. The number of terminal acetylenes is 1. The van der Waals surface area contributed by atoms with Gasteiger partial charge in [-0.3, -0.25) is 0 Å². The second kappa shape index (κ2) is 4.93. The summed E-state index contributed by atoms with van der Waals surface area (Å²) in [7, 11) is 0. The van der Waals surface area contributed by atoms with Gasteiger partial charge in [-0.15, -0.1) is 6.42 Å². The summed E-state index contributed by atoms with van der Waals surface area (Å²) in [5.41, 5.74) is 5.27. The summed E-state index contributed by atoms with van der Waals surface area (Å²) >= 11 is 0. The summed E-state index contributed by atoms with van der Waals surface area (Å²) in [5.74, 6) is 2.64. The van der Waals surface area contributed by atoms with Gasteiger partial charge in [0.15, 0.2) is 0 Å². The minimum Gasteiger partial charge on any atom is -0.371 e. The van der Waals surface area contributed by atoms with Gasteiger partial charge in [0.1, 0.15) is 18.7 Å². The van der Waals surface area contributed by atoms with Crippen LogP contribution < -0.4 is 5.32 Å². The molecule has 0 saturated carbocycles. The lowest BCUT2D eigenvalue weighted by Crippen LogP contribution is -2.26. The number of benzene rings is 1. The molecule has 1 aromatic carbocycles. The molecule has 5 nitrogen and oxygen atoms in total. The number of hydrogen-bond acceptors (Lipinski definition) is 5. The van der Waals surface area contributed by atoms with Crippen LogP contribution in [0.2, 0.25) is 0 Å². The first kappa shape index (κ1) is 12.5. The van der Waals surface area contributed by atoms with Gasteiger partial charge in [0.25, 0.3) is 0 Å². The van der Waals surface area contributed by atoms with E-state index in [1.807, 2.05) is 30.3 Å². The second-order valence-corrected chi connectivity index (χ2v) is 4.95. The van der Waals surface area contributed by atoms with E-state index < -0.39 is 0 Å². The van der Waals surface area contributed by atoms with Crippen molar-refractivity contribution in [1.29, 1.82) is 0 Å². The van der Waals surface area contributed by atoms with Crippen LogP contribution >= 0.6 is 0 Å². The third-order valence-corrected chi connectivity index (χ3v) is 3.61. The predicted octanol–water partition coefficient (Wildman–Crippen LogP) is 2.45. The fourth-order valence-corrected chi connectivity index (χ4v) is 2.60. The second-order valence-electron chi connectivity index (χ2n) is 4.95. The first-order valence-electron chi connectivity index (χ1n) is 6.80. The standard InChI is InChI=1S/C17H11N5/c1-2-11-4-3-5-13(6-11)22-17-15-12(8-18-9-20-15)7-14-16(17)21-10-19-14/h1,3-10,17,22H. The average molecular weight is 285 g/mol. The number of hydrogen-bond donors (Lipinski definition) is 1. The van der Waals surface area contributed by atoms with Gasteiger partial charge in [-0.25, -0.2) is 20.0 Å². The number of anilines is 1. The zero-order valence-electron chi connectivity index (χ0n) is 11.6. The molecule has 104 valence electrons. The van der Waals surface area contributed by atoms with Crippen LogP contribution in [-0.4, -0.2) is 22.0 Å². The van der Waals surface area contributed by atoms with Gasteiger partial charge in [0, 0.05) is 23.0 Å². The predicted molar refractivity (Wildman–Crippen MR) is 86.7 cm³/mol. The van der Waals surface area contributed by atoms with Crippen molar-refractivity contribution in [2.75, 3.05) is 5.32 Å². The van der Waals surface area contributed by atoms with Gasteiger partial charge < -0.3 is 5.32 Å². The van der Waals surface area contributed by atoms with Crippen molar-refractivity contribution in [2.24, 2.45) is 9.98 Å². The van der Waals surface area contributed by atoms with E-state index in [0.29, 0.717) is 0 Å². The van der Waals surface area contributed by atoms with E-state index in [1.165, 1.54) is 0 Å². The van der Waals surface area contributed by atoms with Crippen LogP contribution in [-0.2, 0) is 0 Å². The van der Waals surface area contributed by atoms with Crippen LogP contribution in [0.25, 0.3) is 6.08 Å². The van der Waals surface area contributed by atoms with Crippen LogP contribution in [0, 0.1) is 12.3 Å². The van der Waals surface area contributed by atoms with Crippen molar-refractivity contribution in [3.05, 3.63) is 59.3 Å². The Morgan fingerprint density at radius 1 is 1.27 bits per heavy atom. The summed E-state index contributed by atoms with van der Waals surface area (Å²) in [6.45, 7) is 0. The normalized spacial score (nSPS) is 17.9. The number of nitrogens with one attached hydrogen (secondary N) is 1. The van der Waals surface area contributed by atoms with Crippen molar-refractivity contribution in [3.8, 4) is 12.3 Å². The number of aromatic nitrogens is 2. The molecule has 2 aliphatic rings. The smallest absolute Gasteiger partial charge is 0.116 e. The quantitative estimate of drug-likeness (QED) is 0.862. The zero-order valence-corrected chi connectivity index (χ0v) is 11.6. The molecule has 4 rings (SSSR count). The third kappa shape index (κ3) is 1.98. The number of rotatable bonds is 2. The molecule has 2 heterocycles. The Morgan fingerprint density at radius 2 is 2.23 bits per heavy atom. The molecule has 0 saturated heterocycles. The first-order chi connectivity index (χ1) is 10.8. The van der Waals surface area contributed by atoms with E-state index in [9.17, 15) is 0 Å². The van der Waals surface area contributed by atoms with E-state index in [4.69, 9.17) is 6.42 Å².